The molecule has 0 amide bonds. The number of nitrogens with zero attached hydrogens (tertiary/aromatic N) is 5. The number of hydrogen-bond acceptors (Lipinski definition) is 7. The zero-order valence-electron chi connectivity index (χ0n) is 34.2. The number of allylic oxidation sites excluding steroid dienone is 5. The van der Waals surface area contributed by atoms with Crippen molar-refractivity contribution >= 4 is 49.6 Å². The summed E-state index contributed by atoms with van der Waals surface area (Å²) in [4.78, 5) is 25.1. The Hall–Kier alpha value is -8.55. The molecule has 0 spiro atoms. The zero-order valence-corrected chi connectivity index (χ0v) is 34.2. The van der Waals surface area contributed by atoms with Gasteiger partial charge in [-0.1, -0.05) is 170 Å². The van der Waals surface area contributed by atoms with E-state index in [4.69, 9.17) is 33.8 Å². The van der Waals surface area contributed by atoms with Crippen LogP contribution < -0.4 is 0 Å². The molecule has 7 aromatic carbocycles. The summed E-state index contributed by atoms with van der Waals surface area (Å²) >= 11 is 0. The number of fused-ring (bicyclic) bond motifs is 6. The summed E-state index contributed by atoms with van der Waals surface area (Å²) in [7, 11) is 0. The lowest BCUT2D eigenvalue weighted by atomic mass is 9.98. The second-order valence-electron chi connectivity index (χ2n) is 15.2. The van der Waals surface area contributed by atoms with Crippen LogP contribution in [-0.4, -0.2) is 24.9 Å². The van der Waals surface area contributed by atoms with Crippen LogP contribution >= 0.6 is 0 Å². The van der Waals surface area contributed by atoms with E-state index in [1.54, 1.807) is 6.08 Å². The van der Waals surface area contributed by atoms with Crippen LogP contribution in [0.3, 0.4) is 0 Å². The maximum absolute atomic E-state index is 6.72. The highest BCUT2D eigenvalue weighted by Crippen LogP contribution is 2.42. The van der Waals surface area contributed by atoms with Gasteiger partial charge in [0.05, 0.1) is 5.39 Å². The van der Waals surface area contributed by atoms with E-state index in [2.05, 4.69) is 79.4 Å². The van der Waals surface area contributed by atoms with Crippen LogP contribution in [0, 0.1) is 0 Å². The lowest BCUT2D eigenvalue weighted by Gasteiger charge is -2.09. The van der Waals surface area contributed by atoms with E-state index >= 15 is 0 Å². The molecule has 0 radical (unpaired) electrons. The van der Waals surface area contributed by atoms with Crippen molar-refractivity contribution < 1.29 is 8.83 Å². The van der Waals surface area contributed by atoms with Crippen LogP contribution in [0.1, 0.15) is 12.7 Å². The molecule has 11 rings (SSSR count). The Morgan fingerprint density at radius 2 is 1.10 bits per heavy atom. The van der Waals surface area contributed by atoms with Gasteiger partial charge in [-0.2, -0.15) is 0 Å². The number of hydrogen-bond donors (Lipinski definition) is 0. The van der Waals surface area contributed by atoms with Crippen molar-refractivity contribution in [1.82, 2.24) is 24.9 Å². The zero-order chi connectivity index (χ0) is 42.3. The summed E-state index contributed by atoms with van der Waals surface area (Å²) in [6.45, 7) is 5.88. The second-order valence-corrected chi connectivity index (χ2v) is 15.2. The Morgan fingerprint density at radius 1 is 0.476 bits per heavy atom. The van der Waals surface area contributed by atoms with Crippen LogP contribution in [0.15, 0.2) is 210 Å². The van der Waals surface area contributed by atoms with Crippen molar-refractivity contribution in [2.24, 2.45) is 0 Å². The monoisotopic (exact) mass is 811 g/mol. The van der Waals surface area contributed by atoms with Gasteiger partial charge in [0.15, 0.2) is 28.9 Å². The van der Waals surface area contributed by atoms with Gasteiger partial charge in [-0.15, -0.1) is 0 Å². The predicted octanol–water partition coefficient (Wildman–Crippen LogP) is 14.6. The van der Waals surface area contributed by atoms with Crippen molar-refractivity contribution in [3.63, 3.8) is 0 Å². The van der Waals surface area contributed by atoms with Gasteiger partial charge in [0.2, 0.25) is 0 Å². The van der Waals surface area contributed by atoms with E-state index in [1.807, 2.05) is 122 Å². The Balaban J connectivity index is 1.04. The van der Waals surface area contributed by atoms with Gasteiger partial charge in [0, 0.05) is 38.6 Å². The van der Waals surface area contributed by atoms with Gasteiger partial charge >= 0.3 is 0 Å². The minimum absolute atomic E-state index is 0.545. The standard InChI is InChI=1S/C56H37N5O2/c1-3-15-38(16-4-2)54-59-55(40-21-12-7-13-22-40)61-56(60-54)42-29-31-44-45-33-41(30-32-46(45)62-48(44)34-42)43-23-14-24-47-49(43)51-52(63-47)50(57-53(58-51)39-19-10-6-11-20-39)37-27-25-36(26-28-37)35-17-8-5-9-18-35/h3-34H,1H2,2H3/b16-4-,38-15+. The molecule has 7 heteroatoms. The summed E-state index contributed by atoms with van der Waals surface area (Å²) in [6.07, 6.45) is 7.58. The minimum Gasteiger partial charge on any atom is -0.456 e. The maximum atomic E-state index is 6.72. The molecule has 0 fully saturated rings. The van der Waals surface area contributed by atoms with Gasteiger partial charge in [-0.05, 0) is 59.5 Å². The first-order valence-corrected chi connectivity index (χ1v) is 20.8. The van der Waals surface area contributed by atoms with E-state index in [0.717, 1.165) is 94.2 Å². The summed E-state index contributed by atoms with van der Waals surface area (Å²) in [5, 5.41) is 2.89. The SMILES string of the molecule is C=C/C=C(\C=C/C)c1nc(-c2ccccc2)nc(-c2ccc3c(c2)oc2ccc(-c4cccc5oc6c(-c7ccc(-c8ccccc8)cc7)nc(-c7ccccc7)nc6c45)cc23)n1. The molecule has 0 aliphatic heterocycles. The average molecular weight is 812 g/mol. The molecule has 63 heavy (non-hydrogen) atoms. The molecule has 0 saturated heterocycles. The van der Waals surface area contributed by atoms with Crippen LogP contribution in [0.5, 0.6) is 0 Å². The first kappa shape index (κ1) is 37.4. The molecular weight excluding hydrogens is 775 g/mol. The fraction of sp³-hybridized carbons (Fsp3) is 0.0179. The summed E-state index contributed by atoms with van der Waals surface area (Å²) in [5.74, 6) is 2.31. The molecule has 0 atom stereocenters. The summed E-state index contributed by atoms with van der Waals surface area (Å²) in [5.41, 5.74) is 13.1. The topological polar surface area (TPSA) is 90.7 Å². The molecule has 298 valence electrons. The van der Waals surface area contributed by atoms with Crippen LogP contribution in [0.25, 0.3) is 117 Å². The van der Waals surface area contributed by atoms with Crippen LogP contribution in [0.2, 0.25) is 0 Å². The smallest absolute Gasteiger partial charge is 0.180 e. The molecule has 11 aromatic rings. The molecule has 7 nitrogen and oxygen atoms in total. The highest BCUT2D eigenvalue weighted by Gasteiger charge is 2.22. The van der Waals surface area contributed by atoms with Gasteiger partial charge in [-0.25, -0.2) is 24.9 Å². The van der Waals surface area contributed by atoms with Gasteiger partial charge in [0.25, 0.3) is 0 Å². The predicted molar refractivity (Wildman–Crippen MR) is 256 cm³/mol. The van der Waals surface area contributed by atoms with E-state index in [0.29, 0.717) is 28.9 Å². The van der Waals surface area contributed by atoms with Crippen LogP contribution in [0.4, 0.5) is 0 Å². The average Bonchev–Trinajstić information content (AvgIpc) is 3.92. The molecule has 4 aromatic heterocycles. The highest BCUT2D eigenvalue weighted by molar-refractivity contribution is 6.15. The van der Waals surface area contributed by atoms with Crippen molar-refractivity contribution in [2.45, 2.75) is 6.92 Å². The largest absolute Gasteiger partial charge is 0.456 e. The fourth-order valence-electron chi connectivity index (χ4n) is 8.24. The van der Waals surface area contributed by atoms with E-state index in [-0.39, 0.29) is 0 Å². The normalized spacial score (nSPS) is 12.0. The molecule has 0 bridgehead atoms. The quantitative estimate of drug-likeness (QED) is 0.134. The van der Waals surface area contributed by atoms with Gasteiger partial charge in [-0.3, -0.25) is 0 Å². The third-order valence-electron chi connectivity index (χ3n) is 11.2. The number of rotatable bonds is 9. The van der Waals surface area contributed by atoms with Gasteiger partial charge < -0.3 is 8.83 Å². The lowest BCUT2D eigenvalue weighted by Crippen LogP contribution is -2.02. The van der Waals surface area contributed by atoms with E-state index in [1.165, 1.54) is 0 Å². The van der Waals surface area contributed by atoms with Gasteiger partial charge in [0.1, 0.15) is 28.0 Å². The third kappa shape index (κ3) is 6.88. The van der Waals surface area contributed by atoms with Crippen molar-refractivity contribution in [3.05, 3.63) is 207 Å². The number of aromatic nitrogens is 5. The maximum Gasteiger partial charge on any atom is 0.180 e. The minimum atomic E-state index is 0.545. The van der Waals surface area contributed by atoms with Crippen molar-refractivity contribution in [1.29, 1.82) is 0 Å². The van der Waals surface area contributed by atoms with Crippen LogP contribution in [-0.2, 0) is 0 Å². The third-order valence-corrected chi connectivity index (χ3v) is 11.2. The molecular formula is C56H37N5O2. The second kappa shape index (κ2) is 15.8. The van der Waals surface area contributed by atoms with E-state index in [9.17, 15) is 0 Å². The highest BCUT2D eigenvalue weighted by atomic mass is 16.3. The first-order chi connectivity index (χ1) is 31.1. The Morgan fingerprint density at radius 3 is 1.79 bits per heavy atom. The Labute approximate surface area is 363 Å². The first-order valence-electron chi connectivity index (χ1n) is 20.8. The Kier molecular flexibility index (Phi) is 9.40. The fourth-order valence-corrected chi connectivity index (χ4v) is 8.24. The molecule has 0 aliphatic carbocycles. The van der Waals surface area contributed by atoms with Crippen molar-refractivity contribution in [2.75, 3.05) is 0 Å². The molecule has 0 unspecified atom stereocenters. The summed E-state index contributed by atoms with van der Waals surface area (Å²) < 4.78 is 13.3. The molecule has 4 heterocycles. The van der Waals surface area contributed by atoms with Crippen molar-refractivity contribution in [3.8, 4) is 67.7 Å². The molecule has 0 aliphatic rings. The molecule has 0 N–H and O–H groups in total. The molecule has 0 saturated carbocycles. The lowest BCUT2D eigenvalue weighted by molar-refractivity contribution is 0.667. The van der Waals surface area contributed by atoms with E-state index < -0.39 is 0 Å². The number of benzene rings is 7. The summed E-state index contributed by atoms with van der Waals surface area (Å²) in [6, 6.07) is 57.5. The number of furan rings is 2. The Bertz CT molecular complexity index is 3570.